The third kappa shape index (κ3) is 1.53. The Morgan fingerprint density at radius 1 is 1.31 bits per heavy atom. The number of phenolic OH excluding ortho intramolecular Hbond substituents is 1. The van der Waals surface area contributed by atoms with Gasteiger partial charge in [0.1, 0.15) is 16.2 Å². The molecule has 0 unspecified atom stereocenters. The third-order valence-corrected chi connectivity index (χ3v) is 2.92. The Labute approximate surface area is 89.1 Å². The van der Waals surface area contributed by atoms with Crippen LogP contribution in [-0.2, 0) is 10.1 Å². The predicted molar refractivity (Wildman–Crippen MR) is 53.8 cm³/mol. The van der Waals surface area contributed by atoms with E-state index in [1.54, 1.807) is 0 Å². The normalized spacial score (nSPS) is 11.8. The van der Waals surface area contributed by atoms with Crippen molar-refractivity contribution in [2.75, 3.05) is 0 Å². The van der Waals surface area contributed by atoms with Gasteiger partial charge in [-0.25, -0.2) is 0 Å². The summed E-state index contributed by atoms with van der Waals surface area (Å²) in [5, 5.41) is 14.8. The fourth-order valence-corrected chi connectivity index (χ4v) is 2.07. The van der Waals surface area contributed by atoms with Crippen LogP contribution in [0.3, 0.4) is 0 Å². The molecule has 2 aromatic rings. The number of aromatic amines is 1. The summed E-state index contributed by atoms with van der Waals surface area (Å²) in [7, 11) is -4.53. The molecule has 0 aliphatic heterocycles. The molecule has 16 heavy (non-hydrogen) atoms. The van der Waals surface area contributed by atoms with Gasteiger partial charge in [0.25, 0.3) is 10.1 Å². The number of benzene rings is 1. The molecule has 0 aliphatic rings. The van der Waals surface area contributed by atoms with Crippen molar-refractivity contribution in [1.29, 1.82) is 0 Å². The summed E-state index contributed by atoms with van der Waals surface area (Å²) >= 11 is 0. The van der Waals surface area contributed by atoms with Crippen molar-refractivity contribution in [2.24, 2.45) is 0 Å². The van der Waals surface area contributed by atoms with E-state index in [0.29, 0.717) is 0 Å². The van der Waals surface area contributed by atoms with Crippen LogP contribution in [0.1, 0.15) is 0 Å². The average molecular weight is 242 g/mol. The second-order valence-corrected chi connectivity index (χ2v) is 4.43. The smallest absolute Gasteiger partial charge is 0.295 e. The number of rotatable bonds is 1. The van der Waals surface area contributed by atoms with E-state index in [2.05, 4.69) is 10.2 Å². The first-order valence-corrected chi connectivity index (χ1v) is 5.52. The average Bonchev–Trinajstić information content (AvgIpc) is 2.18. The van der Waals surface area contributed by atoms with Gasteiger partial charge in [0.15, 0.2) is 0 Å². The Kier molecular flexibility index (Phi) is 2.17. The highest BCUT2D eigenvalue weighted by atomic mass is 32.2. The first kappa shape index (κ1) is 10.6. The van der Waals surface area contributed by atoms with Crippen molar-refractivity contribution in [1.82, 2.24) is 10.2 Å². The fourth-order valence-electron chi connectivity index (χ4n) is 1.37. The highest BCUT2D eigenvalue weighted by molar-refractivity contribution is 7.86. The molecule has 8 heteroatoms. The van der Waals surface area contributed by atoms with E-state index in [-0.39, 0.29) is 16.7 Å². The van der Waals surface area contributed by atoms with E-state index in [1.165, 1.54) is 0 Å². The van der Waals surface area contributed by atoms with Crippen molar-refractivity contribution in [3.8, 4) is 5.75 Å². The maximum atomic E-state index is 11.4. The monoisotopic (exact) mass is 242 g/mol. The van der Waals surface area contributed by atoms with Gasteiger partial charge in [-0.05, 0) is 12.1 Å². The number of H-pyrrole nitrogens is 1. The Morgan fingerprint density at radius 3 is 2.62 bits per heavy atom. The van der Waals surface area contributed by atoms with Gasteiger partial charge in [-0.15, -0.1) is 0 Å². The summed E-state index contributed by atoms with van der Waals surface area (Å²) in [6.07, 6.45) is 0.858. The minimum absolute atomic E-state index is 0.136. The van der Waals surface area contributed by atoms with Crippen LogP contribution in [0.15, 0.2) is 28.0 Å². The van der Waals surface area contributed by atoms with Gasteiger partial charge < -0.3 is 5.11 Å². The molecule has 3 N–H and O–H groups in total. The molecule has 2 rings (SSSR count). The highest BCUT2D eigenvalue weighted by Gasteiger charge is 2.18. The fraction of sp³-hybridized carbons (Fsp3) is 0. The van der Waals surface area contributed by atoms with E-state index in [9.17, 15) is 18.3 Å². The van der Waals surface area contributed by atoms with E-state index in [4.69, 9.17) is 4.55 Å². The van der Waals surface area contributed by atoms with Crippen molar-refractivity contribution in [3.63, 3.8) is 0 Å². The molecule has 0 saturated heterocycles. The van der Waals surface area contributed by atoms with Gasteiger partial charge in [-0.3, -0.25) is 14.4 Å². The zero-order chi connectivity index (χ0) is 11.9. The van der Waals surface area contributed by atoms with Crippen LogP contribution in [0.25, 0.3) is 10.9 Å². The summed E-state index contributed by atoms with van der Waals surface area (Å²) < 4.78 is 30.9. The lowest BCUT2D eigenvalue weighted by Crippen LogP contribution is -2.09. The Balaban J connectivity index is 3.11. The number of nitrogens with zero attached hydrogens (tertiary/aromatic N) is 1. The lowest BCUT2D eigenvalue weighted by molar-refractivity contribution is 0.477. The molecule has 0 radical (unpaired) electrons. The molecule has 1 aromatic carbocycles. The van der Waals surface area contributed by atoms with E-state index in [1.807, 2.05) is 0 Å². The van der Waals surface area contributed by atoms with Crippen LogP contribution >= 0.6 is 0 Å². The molecule has 0 spiro atoms. The number of phenols is 1. The Hall–Kier alpha value is -1.93. The molecule has 0 atom stereocenters. The standard InChI is InChI=1S/C8H6N2O5S/c11-4-1-2-6(16(13,14)15)7-5(12)3-9-10-8(4)7/h1-3,11H,(H,10,12)(H,13,14,15). The van der Waals surface area contributed by atoms with Crippen molar-refractivity contribution < 1.29 is 18.1 Å². The van der Waals surface area contributed by atoms with E-state index >= 15 is 0 Å². The van der Waals surface area contributed by atoms with Crippen LogP contribution < -0.4 is 5.43 Å². The molecule has 84 valence electrons. The van der Waals surface area contributed by atoms with Gasteiger partial charge in [0, 0.05) is 0 Å². The molecule has 0 bridgehead atoms. The van der Waals surface area contributed by atoms with Gasteiger partial charge in [-0.1, -0.05) is 0 Å². The largest absolute Gasteiger partial charge is 0.506 e. The van der Waals surface area contributed by atoms with Crippen LogP contribution in [0.2, 0.25) is 0 Å². The molecular formula is C8H6N2O5S. The SMILES string of the molecule is O=c1cn[nH]c2c(O)ccc(S(=O)(=O)O)c12. The lowest BCUT2D eigenvalue weighted by Gasteiger charge is -2.03. The first-order valence-electron chi connectivity index (χ1n) is 4.08. The second-order valence-electron chi connectivity index (χ2n) is 3.04. The number of fused-ring (bicyclic) bond motifs is 1. The number of hydrogen-bond acceptors (Lipinski definition) is 5. The summed E-state index contributed by atoms with van der Waals surface area (Å²) in [4.78, 5) is 10.9. The third-order valence-electron chi connectivity index (χ3n) is 2.03. The maximum absolute atomic E-state index is 11.4. The lowest BCUT2D eigenvalue weighted by atomic mass is 10.2. The maximum Gasteiger partial charge on any atom is 0.295 e. The number of hydrogen-bond donors (Lipinski definition) is 3. The van der Waals surface area contributed by atoms with Crippen LogP contribution in [0.5, 0.6) is 5.75 Å². The van der Waals surface area contributed by atoms with Crippen LogP contribution in [-0.4, -0.2) is 28.3 Å². The molecule has 0 aliphatic carbocycles. The van der Waals surface area contributed by atoms with Gasteiger partial charge in [0.2, 0.25) is 5.43 Å². The molecule has 0 amide bonds. The van der Waals surface area contributed by atoms with Crippen molar-refractivity contribution >= 4 is 21.0 Å². The topological polar surface area (TPSA) is 120 Å². The number of aromatic hydroxyl groups is 1. The van der Waals surface area contributed by atoms with Crippen LogP contribution in [0.4, 0.5) is 0 Å². The van der Waals surface area contributed by atoms with Crippen molar-refractivity contribution in [3.05, 3.63) is 28.6 Å². The summed E-state index contributed by atoms with van der Waals surface area (Å²) in [5.41, 5.74) is -0.847. The summed E-state index contributed by atoms with van der Waals surface area (Å²) in [6.45, 7) is 0. The summed E-state index contributed by atoms with van der Waals surface area (Å²) in [5.74, 6) is -0.326. The molecule has 1 heterocycles. The first-order chi connectivity index (χ1) is 7.41. The Bertz CT molecular complexity index is 719. The second kappa shape index (κ2) is 3.29. The Morgan fingerprint density at radius 2 is 2.00 bits per heavy atom. The zero-order valence-electron chi connectivity index (χ0n) is 7.71. The van der Waals surface area contributed by atoms with E-state index < -0.39 is 20.4 Å². The molecule has 0 fully saturated rings. The quantitative estimate of drug-likeness (QED) is 0.599. The van der Waals surface area contributed by atoms with E-state index in [0.717, 1.165) is 18.3 Å². The van der Waals surface area contributed by atoms with Crippen LogP contribution in [0, 0.1) is 0 Å². The molecule has 0 saturated carbocycles. The minimum atomic E-state index is -4.53. The number of aromatic nitrogens is 2. The molecule has 7 nitrogen and oxygen atoms in total. The van der Waals surface area contributed by atoms with Gasteiger partial charge in [0.05, 0.1) is 11.6 Å². The minimum Gasteiger partial charge on any atom is -0.506 e. The van der Waals surface area contributed by atoms with Crippen molar-refractivity contribution in [2.45, 2.75) is 4.90 Å². The number of nitrogens with one attached hydrogen (secondary N) is 1. The zero-order valence-corrected chi connectivity index (χ0v) is 8.52. The highest BCUT2D eigenvalue weighted by Crippen LogP contribution is 2.25. The van der Waals surface area contributed by atoms with Gasteiger partial charge in [-0.2, -0.15) is 13.5 Å². The predicted octanol–water partition coefficient (Wildman–Crippen LogP) is -0.125. The summed E-state index contributed by atoms with van der Waals surface area (Å²) in [6, 6.07) is 1.99. The van der Waals surface area contributed by atoms with Gasteiger partial charge >= 0.3 is 0 Å². The molecular weight excluding hydrogens is 236 g/mol. The molecule has 1 aromatic heterocycles.